The van der Waals surface area contributed by atoms with E-state index in [9.17, 15) is 8.78 Å². The lowest BCUT2D eigenvalue weighted by Gasteiger charge is -2.10. The molecule has 1 aromatic carbocycles. The molecule has 1 aromatic rings. The average Bonchev–Trinajstić information content (AvgIpc) is 2.22. The van der Waals surface area contributed by atoms with Crippen LogP contribution < -0.4 is 10.6 Å². The molecule has 0 saturated carbocycles. The normalized spacial score (nSPS) is 9.80. The Morgan fingerprint density at radius 1 is 1.40 bits per heavy atom. The SMILES string of the molecule is CCCNC(=S)Nc1cccc(F)c1F. The molecule has 0 aliphatic rings. The first-order valence-electron chi connectivity index (χ1n) is 4.64. The number of anilines is 1. The lowest BCUT2D eigenvalue weighted by Crippen LogP contribution is -2.29. The molecule has 1 rings (SSSR count). The van der Waals surface area contributed by atoms with Gasteiger partial charge in [0.2, 0.25) is 0 Å². The Hall–Kier alpha value is -1.23. The van der Waals surface area contributed by atoms with E-state index in [0.29, 0.717) is 11.7 Å². The smallest absolute Gasteiger partial charge is 0.182 e. The van der Waals surface area contributed by atoms with Gasteiger partial charge in [0.25, 0.3) is 0 Å². The molecule has 0 bridgehead atoms. The molecular formula is C10H12F2N2S. The van der Waals surface area contributed by atoms with Crippen molar-refractivity contribution in [1.82, 2.24) is 5.32 Å². The maximum absolute atomic E-state index is 13.2. The number of hydrogen-bond donors (Lipinski definition) is 2. The quantitative estimate of drug-likeness (QED) is 0.781. The van der Waals surface area contributed by atoms with Crippen LogP contribution in [0.25, 0.3) is 0 Å². The zero-order chi connectivity index (χ0) is 11.3. The van der Waals surface area contributed by atoms with Crippen molar-refractivity contribution in [2.45, 2.75) is 13.3 Å². The van der Waals surface area contributed by atoms with E-state index in [-0.39, 0.29) is 5.69 Å². The van der Waals surface area contributed by atoms with Crippen molar-refractivity contribution in [2.75, 3.05) is 11.9 Å². The molecule has 15 heavy (non-hydrogen) atoms. The first kappa shape index (κ1) is 11.8. The summed E-state index contributed by atoms with van der Waals surface area (Å²) in [6.07, 6.45) is 0.910. The second kappa shape index (κ2) is 5.60. The maximum Gasteiger partial charge on any atom is 0.182 e. The van der Waals surface area contributed by atoms with Crippen molar-refractivity contribution in [1.29, 1.82) is 0 Å². The molecule has 0 radical (unpaired) electrons. The molecule has 2 nitrogen and oxygen atoms in total. The maximum atomic E-state index is 13.2. The van der Waals surface area contributed by atoms with Crippen molar-refractivity contribution in [3.63, 3.8) is 0 Å². The summed E-state index contributed by atoms with van der Waals surface area (Å²) in [7, 11) is 0. The van der Waals surface area contributed by atoms with Gasteiger partial charge in [0.1, 0.15) is 0 Å². The van der Waals surface area contributed by atoms with Crippen LogP contribution in [-0.2, 0) is 0 Å². The van der Waals surface area contributed by atoms with Gasteiger partial charge in [0.05, 0.1) is 5.69 Å². The predicted octanol–water partition coefficient (Wildman–Crippen LogP) is 2.66. The highest BCUT2D eigenvalue weighted by molar-refractivity contribution is 7.80. The van der Waals surface area contributed by atoms with E-state index in [1.807, 2.05) is 6.92 Å². The predicted molar refractivity (Wildman–Crippen MR) is 60.9 cm³/mol. The van der Waals surface area contributed by atoms with Crippen LogP contribution >= 0.6 is 12.2 Å². The highest BCUT2D eigenvalue weighted by atomic mass is 32.1. The fourth-order valence-corrected chi connectivity index (χ4v) is 1.22. The lowest BCUT2D eigenvalue weighted by atomic mass is 10.3. The third kappa shape index (κ3) is 3.43. The number of thiocarbonyl (C=S) groups is 1. The fourth-order valence-electron chi connectivity index (χ4n) is 1.01. The number of benzene rings is 1. The number of halogens is 2. The minimum Gasteiger partial charge on any atom is -0.362 e. The van der Waals surface area contributed by atoms with Crippen LogP contribution in [0.15, 0.2) is 18.2 Å². The molecule has 0 spiro atoms. The van der Waals surface area contributed by atoms with Gasteiger partial charge in [-0.1, -0.05) is 13.0 Å². The minimum atomic E-state index is -0.918. The van der Waals surface area contributed by atoms with Crippen LogP contribution in [0.5, 0.6) is 0 Å². The monoisotopic (exact) mass is 230 g/mol. The van der Waals surface area contributed by atoms with Gasteiger partial charge in [-0.05, 0) is 30.8 Å². The molecule has 0 unspecified atom stereocenters. The third-order valence-corrected chi connectivity index (χ3v) is 1.98. The van der Waals surface area contributed by atoms with Crippen molar-refractivity contribution >= 4 is 23.0 Å². The third-order valence-electron chi connectivity index (χ3n) is 1.74. The Morgan fingerprint density at radius 2 is 2.13 bits per heavy atom. The second-order valence-electron chi connectivity index (χ2n) is 2.98. The van der Waals surface area contributed by atoms with Gasteiger partial charge in [-0.15, -0.1) is 0 Å². The topological polar surface area (TPSA) is 24.1 Å². The van der Waals surface area contributed by atoms with Crippen LogP contribution in [0.1, 0.15) is 13.3 Å². The summed E-state index contributed by atoms with van der Waals surface area (Å²) in [5.41, 5.74) is 0.0450. The molecular weight excluding hydrogens is 218 g/mol. The molecule has 0 atom stereocenters. The fraction of sp³-hybridized carbons (Fsp3) is 0.300. The summed E-state index contributed by atoms with van der Waals surface area (Å²) in [5.74, 6) is -1.81. The van der Waals surface area contributed by atoms with E-state index in [2.05, 4.69) is 10.6 Å². The Morgan fingerprint density at radius 3 is 2.80 bits per heavy atom. The van der Waals surface area contributed by atoms with E-state index in [0.717, 1.165) is 12.5 Å². The van der Waals surface area contributed by atoms with Crippen LogP contribution in [0.3, 0.4) is 0 Å². The van der Waals surface area contributed by atoms with Gasteiger partial charge in [0.15, 0.2) is 16.7 Å². The van der Waals surface area contributed by atoms with Crippen LogP contribution in [0.2, 0.25) is 0 Å². The molecule has 2 N–H and O–H groups in total. The van der Waals surface area contributed by atoms with Crippen molar-refractivity contribution in [2.24, 2.45) is 0 Å². The Labute approximate surface area is 92.7 Å². The number of rotatable bonds is 3. The minimum absolute atomic E-state index is 0.0450. The highest BCUT2D eigenvalue weighted by Gasteiger charge is 2.07. The number of nitrogens with one attached hydrogen (secondary N) is 2. The highest BCUT2D eigenvalue weighted by Crippen LogP contribution is 2.16. The van der Waals surface area contributed by atoms with Crippen molar-refractivity contribution < 1.29 is 8.78 Å². The van der Waals surface area contributed by atoms with E-state index < -0.39 is 11.6 Å². The summed E-state index contributed by atoms with van der Waals surface area (Å²) in [4.78, 5) is 0. The molecule has 0 amide bonds. The molecule has 0 aliphatic heterocycles. The van der Waals surface area contributed by atoms with Gasteiger partial charge < -0.3 is 10.6 Å². The average molecular weight is 230 g/mol. The Bertz CT molecular complexity index is 355. The molecule has 0 fully saturated rings. The molecule has 82 valence electrons. The van der Waals surface area contributed by atoms with E-state index in [1.165, 1.54) is 12.1 Å². The number of hydrogen-bond acceptors (Lipinski definition) is 1. The van der Waals surface area contributed by atoms with Crippen LogP contribution in [0, 0.1) is 11.6 Å². The summed E-state index contributed by atoms with van der Waals surface area (Å²) in [6.45, 7) is 2.68. The van der Waals surface area contributed by atoms with E-state index in [1.54, 1.807) is 0 Å². The standard InChI is InChI=1S/C10H12F2N2S/c1-2-6-13-10(15)14-8-5-3-4-7(11)9(8)12/h3-5H,2,6H2,1H3,(H2,13,14,15). The van der Waals surface area contributed by atoms with Gasteiger partial charge >= 0.3 is 0 Å². The van der Waals surface area contributed by atoms with Gasteiger partial charge in [-0.2, -0.15) is 0 Å². The van der Waals surface area contributed by atoms with E-state index in [4.69, 9.17) is 12.2 Å². The van der Waals surface area contributed by atoms with Gasteiger partial charge in [-0.3, -0.25) is 0 Å². The van der Waals surface area contributed by atoms with Gasteiger partial charge in [-0.25, -0.2) is 8.78 Å². The molecule has 5 heteroatoms. The summed E-state index contributed by atoms with van der Waals surface area (Å²) >= 11 is 4.89. The van der Waals surface area contributed by atoms with Crippen molar-refractivity contribution in [3.05, 3.63) is 29.8 Å². The second-order valence-corrected chi connectivity index (χ2v) is 3.39. The lowest BCUT2D eigenvalue weighted by molar-refractivity contribution is 0.512. The Kier molecular flexibility index (Phi) is 4.42. The zero-order valence-electron chi connectivity index (χ0n) is 8.31. The van der Waals surface area contributed by atoms with Crippen LogP contribution in [0.4, 0.5) is 14.5 Å². The zero-order valence-corrected chi connectivity index (χ0v) is 9.13. The van der Waals surface area contributed by atoms with E-state index >= 15 is 0 Å². The molecule has 0 aromatic heterocycles. The summed E-state index contributed by atoms with van der Waals surface area (Å²) < 4.78 is 26.0. The molecule has 0 aliphatic carbocycles. The Balaban J connectivity index is 2.64. The van der Waals surface area contributed by atoms with Crippen molar-refractivity contribution in [3.8, 4) is 0 Å². The van der Waals surface area contributed by atoms with Crippen LogP contribution in [-0.4, -0.2) is 11.7 Å². The molecule has 0 saturated heterocycles. The van der Waals surface area contributed by atoms with Gasteiger partial charge in [0, 0.05) is 6.54 Å². The summed E-state index contributed by atoms with van der Waals surface area (Å²) in [6, 6.07) is 3.91. The molecule has 0 heterocycles. The first-order valence-corrected chi connectivity index (χ1v) is 5.05. The summed E-state index contributed by atoms with van der Waals surface area (Å²) in [5, 5.41) is 5.74. The first-order chi connectivity index (χ1) is 7.15. The largest absolute Gasteiger partial charge is 0.362 e.